The van der Waals surface area contributed by atoms with E-state index >= 15 is 0 Å². The van der Waals surface area contributed by atoms with Crippen molar-refractivity contribution in [2.24, 2.45) is 4.99 Å². The summed E-state index contributed by atoms with van der Waals surface area (Å²) in [5, 5.41) is 1.20. The maximum absolute atomic E-state index is 4.57. The van der Waals surface area contributed by atoms with E-state index in [-0.39, 0.29) is 0 Å². The number of rotatable bonds is 1. The Hall–Kier alpha value is -0.760. The van der Waals surface area contributed by atoms with Crippen LogP contribution in [0.5, 0.6) is 0 Å². The molecule has 0 aromatic heterocycles. The first-order chi connectivity index (χ1) is 6.25. The van der Waals surface area contributed by atoms with Crippen LogP contribution in [-0.2, 0) is 0 Å². The molecule has 2 heteroatoms. The number of hydrogen-bond donors (Lipinski definition) is 0. The van der Waals surface area contributed by atoms with Gasteiger partial charge in [0.05, 0.1) is 11.1 Å². The molecule has 0 saturated heterocycles. The Kier molecular flexibility index (Phi) is 2.40. The molecule has 68 valence electrons. The van der Waals surface area contributed by atoms with Crippen LogP contribution in [0.3, 0.4) is 0 Å². The number of hydrogen-bond acceptors (Lipinski definition) is 2. The Morgan fingerprint density at radius 3 is 2.54 bits per heavy atom. The molecule has 0 saturated carbocycles. The van der Waals surface area contributed by atoms with Crippen LogP contribution in [0.15, 0.2) is 29.3 Å². The second-order valence-electron chi connectivity index (χ2n) is 3.46. The van der Waals surface area contributed by atoms with Gasteiger partial charge in [-0.3, -0.25) is 4.99 Å². The van der Waals surface area contributed by atoms with Gasteiger partial charge in [-0.15, -0.1) is 11.8 Å². The average Bonchev–Trinajstić information content (AvgIpc) is 2.53. The van der Waals surface area contributed by atoms with Crippen LogP contribution in [0, 0.1) is 6.92 Å². The minimum atomic E-state index is 0.487. The third-order valence-electron chi connectivity index (χ3n) is 2.10. The minimum Gasteiger partial charge on any atom is -0.274 e. The van der Waals surface area contributed by atoms with Crippen molar-refractivity contribution in [1.82, 2.24) is 0 Å². The molecule has 0 aliphatic carbocycles. The zero-order valence-electron chi connectivity index (χ0n) is 7.95. The monoisotopic (exact) mass is 191 g/mol. The van der Waals surface area contributed by atoms with Gasteiger partial charge in [0.2, 0.25) is 0 Å². The first kappa shape index (κ1) is 8.82. The molecule has 0 N–H and O–H groups in total. The van der Waals surface area contributed by atoms with Gasteiger partial charge in [0.15, 0.2) is 0 Å². The number of aliphatic imine (C=N–C) groups is 1. The lowest BCUT2D eigenvalue weighted by atomic mass is 10.2. The van der Waals surface area contributed by atoms with Gasteiger partial charge in [-0.1, -0.05) is 29.8 Å². The molecule has 0 radical (unpaired) electrons. The highest BCUT2D eigenvalue weighted by Crippen LogP contribution is 2.23. The first-order valence-corrected chi connectivity index (χ1v) is 5.52. The van der Waals surface area contributed by atoms with Gasteiger partial charge < -0.3 is 0 Å². The van der Waals surface area contributed by atoms with Crippen LogP contribution in [0.25, 0.3) is 0 Å². The lowest BCUT2D eigenvalue weighted by Crippen LogP contribution is -1.93. The second kappa shape index (κ2) is 3.54. The third-order valence-corrected chi connectivity index (χ3v) is 3.36. The molecule has 0 amide bonds. The molecule has 0 spiro atoms. The largest absolute Gasteiger partial charge is 0.274 e. The van der Waals surface area contributed by atoms with Crippen molar-refractivity contribution in [3.05, 3.63) is 35.4 Å². The summed E-state index contributed by atoms with van der Waals surface area (Å²) in [5.74, 6) is 1.13. The predicted molar refractivity (Wildman–Crippen MR) is 59.6 cm³/mol. The summed E-state index contributed by atoms with van der Waals surface area (Å²) in [6.45, 7) is 4.27. The molecule has 0 fully saturated rings. The normalized spacial score (nSPS) is 21.7. The van der Waals surface area contributed by atoms with Crippen LogP contribution >= 0.6 is 11.8 Å². The molecule has 13 heavy (non-hydrogen) atoms. The molecule has 0 unspecified atom stereocenters. The number of aryl methyl sites for hydroxylation is 1. The summed E-state index contributed by atoms with van der Waals surface area (Å²) in [5.41, 5.74) is 2.57. The van der Waals surface area contributed by atoms with Crippen molar-refractivity contribution in [2.45, 2.75) is 19.9 Å². The van der Waals surface area contributed by atoms with Gasteiger partial charge in [0.1, 0.15) is 0 Å². The van der Waals surface area contributed by atoms with E-state index in [9.17, 15) is 0 Å². The van der Waals surface area contributed by atoms with Crippen LogP contribution in [0.1, 0.15) is 18.1 Å². The van der Waals surface area contributed by atoms with Gasteiger partial charge in [0.25, 0.3) is 0 Å². The Morgan fingerprint density at radius 1 is 1.31 bits per heavy atom. The third kappa shape index (κ3) is 1.94. The van der Waals surface area contributed by atoms with Crippen molar-refractivity contribution in [1.29, 1.82) is 0 Å². The van der Waals surface area contributed by atoms with Crippen molar-refractivity contribution < 1.29 is 0 Å². The van der Waals surface area contributed by atoms with E-state index < -0.39 is 0 Å². The van der Waals surface area contributed by atoms with Crippen LogP contribution < -0.4 is 0 Å². The minimum absolute atomic E-state index is 0.487. The summed E-state index contributed by atoms with van der Waals surface area (Å²) in [6.07, 6.45) is 0. The summed E-state index contributed by atoms with van der Waals surface area (Å²) < 4.78 is 0. The molecule has 1 aromatic rings. The fourth-order valence-corrected chi connectivity index (χ4v) is 2.36. The molecule has 1 atom stereocenters. The maximum atomic E-state index is 4.57. The molecule has 1 aliphatic heterocycles. The van der Waals surface area contributed by atoms with Crippen molar-refractivity contribution >= 4 is 16.8 Å². The summed E-state index contributed by atoms with van der Waals surface area (Å²) in [4.78, 5) is 4.57. The lowest BCUT2D eigenvalue weighted by Gasteiger charge is -1.99. The van der Waals surface area contributed by atoms with Crippen LogP contribution in [-0.4, -0.2) is 16.8 Å². The maximum Gasteiger partial charge on any atom is 0.0981 e. The standard InChI is InChI=1S/C11H13NS/c1-8-3-5-10(6-4-8)11-12-9(2)7-13-11/h3-6,9H,7H2,1-2H3/t9-/m1/s1. The summed E-state index contributed by atoms with van der Waals surface area (Å²) in [7, 11) is 0. The summed E-state index contributed by atoms with van der Waals surface area (Å²) in [6, 6.07) is 9.07. The second-order valence-corrected chi connectivity index (χ2v) is 4.47. The van der Waals surface area contributed by atoms with E-state index in [0.29, 0.717) is 6.04 Å². The Bertz CT molecular complexity index is 326. The fraction of sp³-hybridized carbons (Fsp3) is 0.364. The smallest absolute Gasteiger partial charge is 0.0981 e. The zero-order chi connectivity index (χ0) is 9.26. The predicted octanol–water partition coefficient (Wildman–Crippen LogP) is 2.88. The van der Waals surface area contributed by atoms with Gasteiger partial charge in [-0.05, 0) is 13.8 Å². The van der Waals surface area contributed by atoms with Crippen molar-refractivity contribution in [2.75, 3.05) is 5.75 Å². The van der Waals surface area contributed by atoms with Gasteiger partial charge in [-0.25, -0.2) is 0 Å². The molecule has 2 rings (SSSR count). The Labute approximate surface area is 83.3 Å². The molecular weight excluding hydrogens is 178 g/mol. The van der Waals surface area contributed by atoms with E-state index in [4.69, 9.17) is 0 Å². The van der Waals surface area contributed by atoms with Gasteiger partial charge in [-0.2, -0.15) is 0 Å². The first-order valence-electron chi connectivity index (χ1n) is 4.53. The van der Waals surface area contributed by atoms with Crippen molar-refractivity contribution in [3.63, 3.8) is 0 Å². The highest BCUT2D eigenvalue weighted by Gasteiger charge is 2.14. The van der Waals surface area contributed by atoms with E-state index in [1.807, 2.05) is 11.8 Å². The van der Waals surface area contributed by atoms with E-state index in [1.54, 1.807) is 0 Å². The SMILES string of the molecule is Cc1ccc(C2=N[C@H](C)CS2)cc1. The molecule has 0 bridgehead atoms. The average molecular weight is 191 g/mol. The molecule has 1 heterocycles. The van der Waals surface area contributed by atoms with Crippen LogP contribution in [0.2, 0.25) is 0 Å². The van der Waals surface area contributed by atoms with Gasteiger partial charge in [0, 0.05) is 11.3 Å². The van der Waals surface area contributed by atoms with E-state index in [1.165, 1.54) is 16.2 Å². The number of benzene rings is 1. The highest BCUT2D eigenvalue weighted by molar-refractivity contribution is 8.14. The summed E-state index contributed by atoms with van der Waals surface area (Å²) >= 11 is 1.86. The molecule has 1 nitrogen and oxygen atoms in total. The van der Waals surface area contributed by atoms with E-state index in [2.05, 4.69) is 43.1 Å². The van der Waals surface area contributed by atoms with Gasteiger partial charge >= 0.3 is 0 Å². The van der Waals surface area contributed by atoms with E-state index in [0.717, 1.165) is 5.75 Å². The quantitative estimate of drug-likeness (QED) is 0.665. The fourth-order valence-electron chi connectivity index (χ4n) is 1.33. The number of nitrogens with zero attached hydrogens (tertiary/aromatic N) is 1. The lowest BCUT2D eigenvalue weighted by molar-refractivity contribution is 0.865. The van der Waals surface area contributed by atoms with Crippen molar-refractivity contribution in [3.8, 4) is 0 Å². The molecular formula is C11H13NS. The topological polar surface area (TPSA) is 12.4 Å². The molecule has 1 aromatic carbocycles. The zero-order valence-corrected chi connectivity index (χ0v) is 8.77. The van der Waals surface area contributed by atoms with Crippen LogP contribution in [0.4, 0.5) is 0 Å². The number of thioether (sulfide) groups is 1. The molecule has 1 aliphatic rings. The Morgan fingerprint density at radius 2 is 2.00 bits per heavy atom. The Balaban J connectivity index is 2.26. The highest BCUT2D eigenvalue weighted by atomic mass is 32.2.